The second-order valence-corrected chi connectivity index (χ2v) is 11.0. The lowest BCUT2D eigenvalue weighted by molar-refractivity contribution is 1.59. The molecule has 0 aliphatic heterocycles. The molecule has 0 spiro atoms. The van der Waals surface area contributed by atoms with Crippen molar-refractivity contribution >= 4 is 51.8 Å². The van der Waals surface area contributed by atoms with E-state index in [1.165, 1.54) is 13.2 Å². The summed E-state index contributed by atoms with van der Waals surface area (Å²) < 4.78 is 2.51. The summed E-state index contributed by atoms with van der Waals surface area (Å²) in [6.07, 6.45) is 0. The van der Waals surface area contributed by atoms with E-state index in [1.807, 2.05) is 0 Å². The molecule has 1 rings (SSSR count). The van der Waals surface area contributed by atoms with Gasteiger partial charge in [-0.3, -0.25) is 0 Å². The zero-order chi connectivity index (χ0) is 9.35. The maximum atomic E-state index is 3.55. The maximum Gasteiger partial charge on any atom is 0.0776 e. The molecule has 0 heterocycles. The molecule has 0 saturated carbocycles. The van der Waals surface area contributed by atoms with Gasteiger partial charge < -0.3 is 0 Å². The third-order valence-electron chi connectivity index (χ3n) is 1.79. The second-order valence-electron chi connectivity index (χ2n) is 3.88. The fourth-order valence-electron chi connectivity index (χ4n) is 0.963. The van der Waals surface area contributed by atoms with Crippen molar-refractivity contribution < 1.29 is 0 Å². The molecule has 66 valence electrons. The topological polar surface area (TPSA) is 0 Å². The van der Waals surface area contributed by atoms with E-state index >= 15 is 0 Å². The zero-order valence-electron chi connectivity index (χ0n) is 7.49. The van der Waals surface area contributed by atoms with Crippen molar-refractivity contribution in [1.29, 1.82) is 0 Å². The Labute approximate surface area is 97.0 Å². The van der Waals surface area contributed by atoms with Crippen LogP contribution in [0.5, 0.6) is 0 Å². The molecule has 3 heteroatoms. The van der Waals surface area contributed by atoms with Gasteiger partial charge in [0.15, 0.2) is 0 Å². The quantitative estimate of drug-likeness (QED) is 0.534. The minimum absolute atomic E-state index is 1.12. The van der Waals surface area contributed by atoms with E-state index < -0.39 is 8.07 Å². The van der Waals surface area contributed by atoms with Gasteiger partial charge in [0, 0.05) is 8.04 Å². The van der Waals surface area contributed by atoms with E-state index in [4.69, 9.17) is 0 Å². The molecule has 0 aromatic heterocycles. The molecule has 0 amide bonds. The lowest BCUT2D eigenvalue weighted by Gasteiger charge is -2.16. The molecule has 0 saturated heterocycles. The lowest BCUT2D eigenvalue weighted by Crippen LogP contribution is -2.37. The monoisotopic (exact) mass is 354 g/mol. The molecule has 0 unspecified atom stereocenters. The summed E-state index contributed by atoms with van der Waals surface area (Å²) in [5.74, 6) is 0. The largest absolute Gasteiger partial charge is 0.0776 e. The second kappa shape index (κ2) is 3.80. The van der Waals surface area contributed by atoms with Crippen LogP contribution in [0.4, 0.5) is 0 Å². The zero-order valence-corrected chi connectivity index (χ0v) is 12.2. The van der Waals surface area contributed by atoms with Crippen molar-refractivity contribution in [3.8, 4) is 0 Å². The van der Waals surface area contributed by atoms with E-state index in [-0.39, 0.29) is 0 Å². The fraction of sp³-hybridized carbons (Fsp3) is 0.333. The molecule has 0 N–H and O–H groups in total. The van der Waals surface area contributed by atoms with Crippen LogP contribution in [0, 0.1) is 3.57 Å². The van der Waals surface area contributed by atoms with Crippen LogP contribution in [-0.2, 0) is 0 Å². The SMILES string of the molecule is C[Si](C)(C)c1ccc(I)c(Br)c1. The van der Waals surface area contributed by atoms with Crippen LogP contribution < -0.4 is 5.19 Å². The van der Waals surface area contributed by atoms with Crippen LogP contribution in [0.25, 0.3) is 0 Å². The smallest absolute Gasteiger partial charge is 0.0656 e. The predicted octanol–water partition coefficient (Wildman–Crippen LogP) is 3.60. The van der Waals surface area contributed by atoms with Gasteiger partial charge in [0.25, 0.3) is 0 Å². The van der Waals surface area contributed by atoms with Gasteiger partial charge in [0.1, 0.15) is 0 Å². The Balaban J connectivity index is 3.14. The number of halogens is 2. The predicted molar refractivity (Wildman–Crippen MR) is 69.8 cm³/mol. The van der Waals surface area contributed by atoms with Crippen LogP contribution in [0.2, 0.25) is 19.6 Å². The maximum absolute atomic E-state index is 3.55. The Morgan fingerprint density at radius 3 is 2.25 bits per heavy atom. The summed E-state index contributed by atoms with van der Waals surface area (Å²) in [6, 6.07) is 6.69. The van der Waals surface area contributed by atoms with Crippen LogP contribution in [0.3, 0.4) is 0 Å². The van der Waals surface area contributed by atoms with Crippen molar-refractivity contribution in [2.75, 3.05) is 0 Å². The Bertz CT molecular complexity index is 291. The number of hydrogen-bond acceptors (Lipinski definition) is 0. The standard InChI is InChI=1S/C9H12BrISi/c1-12(2,3)7-4-5-9(11)8(10)6-7/h4-6H,1-3H3. The Kier molecular flexibility index (Phi) is 3.39. The minimum Gasteiger partial charge on any atom is -0.0656 e. The van der Waals surface area contributed by atoms with E-state index in [2.05, 4.69) is 76.4 Å². The van der Waals surface area contributed by atoms with Gasteiger partial charge in [-0.15, -0.1) is 0 Å². The van der Waals surface area contributed by atoms with Crippen LogP contribution in [0.1, 0.15) is 0 Å². The van der Waals surface area contributed by atoms with Crippen LogP contribution in [-0.4, -0.2) is 8.07 Å². The first kappa shape index (κ1) is 10.7. The molecular weight excluding hydrogens is 343 g/mol. The Morgan fingerprint density at radius 1 is 1.25 bits per heavy atom. The highest BCUT2D eigenvalue weighted by molar-refractivity contribution is 14.1. The first-order valence-electron chi connectivity index (χ1n) is 3.87. The first-order chi connectivity index (χ1) is 5.41. The average Bonchev–Trinajstić information content (AvgIpc) is 1.92. The third kappa shape index (κ3) is 2.57. The van der Waals surface area contributed by atoms with Gasteiger partial charge in [-0.2, -0.15) is 0 Å². The van der Waals surface area contributed by atoms with Gasteiger partial charge in [0.05, 0.1) is 8.07 Å². The molecule has 0 fully saturated rings. The third-order valence-corrected chi connectivity index (χ3v) is 6.17. The van der Waals surface area contributed by atoms with Gasteiger partial charge >= 0.3 is 0 Å². The molecule has 0 radical (unpaired) electrons. The lowest BCUT2D eigenvalue weighted by atomic mass is 10.4. The Morgan fingerprint density at radius 2 is 1.83 bits per heavy atom. The van der Waals surface area contributed by atoms with Crippen molar-refractivity contribution in [2.24, 2.45) is 0 Å². The van der Waals surface area contributed by atoms with E-state index in [0.29, 0.717) is 0 Å². The summed E-state index contributed by atoms with van der Waals surface area (Å²) in [5.41, 5.74) is 0. The fourth-order valence-corrected chi connectivity index (χ4v) is 3.05. The highest BCUT2D eigenvalue weighted by Crippen LogP contribution is 2.18. The molecule has 12 heavy (non-hydrogen) atoms. The highest BCUT2D eigenvalue weighted by Gasteiger charge is 2.16. The van der Waals surface area contributed by atoms with Gasteiger partial charge in [-0.05, 0) is 50.7 Å². The van der Waals surface area contributed by atoms with Crippen molar-refractivity contribution in [2.45, 2.75) is 19.6 Å². The van der Waals surface area contributed by atoms with Gasteiger partial charge in [0.2, 0.25) is 0 Å². The van der Waals surface area contributed by atoms with Crippen molar-refractivity contribution in [3.05, 3.63) is 26.2 Å². The molecule has 1 aromatic carbocycles. The molecule has 0 aliphatic rings. The van der Waals surface area contributed by atoms with Crippen molar-refractivity contribution in [3.63, 3.8) is 0 Å². The average molecular weight is 355 g/mol. The van der Waals surface area contributed by atoms with E-state index in [0.717, 1.165) is 0 Å². The van der Waals surface area contributed by atoms with Gasteiger partial charge in [-0.25, -0.2) is 0 Å². The summed E-state index contributed by atoms with van der Waals surface area (Å²) in [4.78, 5) is 0. The molecule has 0 bridgehead atoms. The van der Waals surface area contributed by atoms with Crippen molar-refractivity contribution in [1.82, 2.24) is 0 Å². The molecule has 0 aliphatic carbocycles. The molecule has 1 aromatic rings. The summed E-state index contributed by atoms with van der Waals surface area (Å²) >= 11 is 5.89. The normalized spacial score (nSPS) is 11.8. The summed E-state index contributed by atoms with van der Waals surface area (Å²) in [6.45, 7) is 7.09. The number of benzene rings is 1. The summed E-state index contributed by atoms with van der Waals surface area (Å²) in [5, 5.41) is 1.51. The molecule has 0 atom stereocenters. The van der Waals surface area contributed by atoms with Crippen LogP contribution >= 0.6 is 38.5 Å². The van der Waals surface area contributed by atoms with Gasteiger partial charge in [-0.1, -0.05) is 30.9 Å². The number of rotatable bonds is 1. The minimum atomic E-state index is -1.12. The van der Waals surface area contributed by atoms with Crippen LogP contribution in [0.15, 0.2) is 22.7 Å². The number of hydrogen-bond donors (Lipinski definition) is 0. The van der Waals surface area contributed by atoms with E-state index in [1.54, 1.807) is 0 Å². The molecule has 0 nitrogen and oxygen atoms in total. The highest BCUT2D eigenvalue weighted by atomic mass is 127. The summed E-state index contributed by atoms with van der Waals surface area (Å²) in [7, 11) is -1.12. The first-order valence-corrected chi connectivity index (χ1v) is 9.24. The Hall–Kier alpha value is 0.647. The molecular formula is C9H12BrISi. The van der Waals surface area contributed by atoms with E-state index in [9.17, 15) is 0 Å².